The lowest BCUT2D eigenvalue weighted by Crippen LogP contribution is -2.43. The van der Waals surface area contributed by atoms with E-state index in [4.69, 9.17) is 4.74 Å². The van der Waals surface area contributed by atoms with Crippen molar-refractivity contribution in [1.29, 1.82) is 5.26 Å². The molecule has 7 nitrogen and oxygen atoms in total. The summed E-state index contributed by atoms with van der Waals surface area (Å²) in [6, 6.07) is 20.2. The molecule has 0 bridgehead atoms. The molecule has 8 heteroatoms. The summed E-state index contributed by atoms with van der Waals surface area (Å²) in [5.74, 6) is 0.591. The molecule has 0 aromatic heterocycles. The molecule has 1 amide bonds. The van der Waals surface area contributed by atoms with Crippen LogP contribution in [0.2, 0.25) is 0 Å². The summed E-state index contributed by atoms with van der Waals surface area (Å²) < 4.78 is 32.7. The Morgan fingerprint density at radius 3 is 2.47 bits per heavy atom. The molecule has 0 spiro atoms. The first-order valence-corrected chi connectivity index (χ1v) is 12.6. The third-order valence-corrected chi connectivity index (χ3v) is 8.29. The van der Waals surface area contributed by atoms with Crippen molar-refractivity contribution >= 4 is 26.7 Å². The Morgan fingerprint density at radius 1 is 1.09 bits per heavy atom. The largest absolute Gasteiger partial charge is 0.497 e. The van der Waals surface area contributed by atoms with Gasteiger partial charge in [0, 0.05) is 32.6 Å². The Morgan fingerprint density at radius 2 is 1.76 bits per heavy atom. The molecule has 4 rings (SSSR count). The molecule has 0 aliphatic carbocycles. The summed E-state index contributed by atoms with van der Waals surface area (Å²) in [6.07, 6.45) is 0.906. The summed E-state index contributed by atoms with van der Waals surface area (Å²) in [6.45, 7) is 0.989. The number of ether oxygens (including phenoxy) is 1. The molecule has 0 atom stereocenters. The average Bonchev–Trinajstić information content (AvgIpc) is 2.87. The zero-order valence-corrected chi connectivity index (χ0v) is 20.1. The first kappa shape index (κ1) is 23.7. The predicted molar refractivity (Wildman–Crippen MR) is 130 cm³/mol. The number of sulfonamides is 1. The SMILES string of the molecule is COc1ccc2cc(CN(C)C(=O)C3CCN(S(=O)(=O)c4ccccc4C#N)CC3)ccc2c1. The van der Waals surface area contributed by atoms with Crippen molar-refractivity contribution in [2.45, 2.75) is 24.3 Å². The zero-order chi connectivity index (χ0) is 24.3. The monoisotopic (exact) mass is 477 g/mol. The van der Waals surface area contributed by atoms with Gasteiger partial charge in [-0.05, 0) is 59.5 Å². The number of methoxy groups -OCH3 is 1. The standard InChI is InChI=1S/C26H27N3O4S/c1-28(18-19-7-8-22-16-24(33-2)10-9-21(22)15-19)26(30)20-11-13-29(14-12-20)34(31,32)25-6-4-3-5-23(25)17-27/h3-10,15-16,20H,11-14,18H2,1-2H3. The fraction of sp³-hybridized carbons (Fsp3) is 0.308. The summed E-state index contributed by atoms with van der Waals surface area (Å²) in [5.41, 5.74) is 1.16. The molecule has 3 aromatic rings. The molecule has 0 saturated carbocycles. The minimum Gasteiger partial charge on any atom is -0.497 e. The van der Waals surface area contributed by atoms with E-state index in [9.17, 15) is 18.5 Å². The van der Waals surface area contributed by atoms with Crippen molar-refractivity contribution in [3.05, 3.63) is 71.8 Å². The van der Waals surface area contributed by atoms with Gasteiger partial charge in [-0.2, -0.15) is 9.57 Å². The van der Waals surface area contributed by atoms with E-state index in [0.717, 1.165) is 22.1 Å². The molecule has 1 aliphatic heterocycles. The third kappa shape index (κ3) is 4.76. The van der Waals surface area contributed by atoms with Gasteiger partial charge in [-0.1, -0.05) is 30.3 Å². The second-order valence-electron chi connectivity index (χ2n) is 8.53. The lowest BCUT2D eigenvalue weighted by atomic mass is 9.96. The minimum atomic E-state index is -3.77. The summed E-state index contributed by atoms with van der Waals surface area (Å²) >= 11 is 0. The molecular formula is C26H27N3O4S. The van der Waals surface area contributed by atoms with Gasteiger partial charge in [0.05, 0.1) is 17.6 Å². The van der Waals surface area contributed by atoms with Crippen LogP contribution < -0.4 is 4.74 Å². The first-order valence-electron chi connectivity index (χ1n) is 11.1. The number of amides is 1. The van der Waals surface area contributed by atoms with Gasteiger partial charge in [0.2, 0.25) is 15.9 Å². The topological polar surface area (TPSA) is 90.7 Å². The number of benzene rings is 3. The smallest absolute Gasteiger partial charge is 0.244 e. The molecule has 1 heterocycles. The molecular weight excluding hydrogens is 450 g/mol. The third-order valence-electron chi connectivity index (χ3n) is 6.34. The van der Waals surface area contributed by atoms with Crippen LogP contribution in [0.4, 0.5) is 0 Å². The Kier molecular flexibility index (Phi) is 6.87. The number of nitriles is 1. The lowest BCUT2D eigenvalue weighted by molar-refractivity contribution is -0.135. The van der Waals surface area contributed by atoms with E-state index in [1.54, 1.807) is 31.2 Å². The molecule has 3 aromatic carbocycles. The highest BCUT2D eigenvalue weighted by Crippen LogP contribution is 2.27. The second kappa shape index (κ2) is 9.84. The number of rotatable bonds is 6. The van der Waals surface area contributed by atoms with Crippen LogP contribution in [0.3, 0.4) is 0 Å². The van der Waals surface area contributed by atoms with Crippen LogP contribution in [0.25, 0.3) is 10.8 Å². The fourth-order valence-corrected chi connectivity index (χ4v) is 6.04. The van der Waals surface area contributed by atoms with Crippen LogP contribution in [0.15, 0.2) is 65.6 Å². The van der Waals surface area contributed by atoms with Crippen molar-refractivity contribution < 1.29 is 17.9 Å². The number of nitrogens with zero attached hydrogens (tertiary/aromatic N) is 3. The van der Waals surface area contributed by atoms with Gasteiger partial charge >= 0.3 is 0 Å². The van der Waals surface area contributed by atoms with Crippen LogP contribution in [0.1, 0.15) is 24.0 Å². The fourth-order valence-electron chi connectivity index (χ4n) is 4.43. The van der Waals surface area contributed by atoms with Gasteiger partial charge < -0.3 is 9.64 Å². The first-order chi connectivity index (χ1) is 16.3. The summed E-state index contributed by atoms with van der Waals surface area (Å²) in [7, 11) is -0.347. The van der Waals surface area contributed by atoms with Crippen LogP contribution in [-0.2, 0) is 21.4 Å². The maximum absolute atomic E-state index is 13.1. The Labute approximate surface area is 200 Å². The number of carbonyl (C=O) groups is 1. The molecule has 34 heavy (non-hydrogen) atoms. The number of fused-ring (bicyclic) bond motifs is 1. The van der Waals surface area contributed by atoms with Crippen molar-refractivity contribution in [2.75, 3.05) is 27.2 Å². The van der Waals surface area contributed by atoms with E-state index in [2.05, 4.69) is 6.07 Å². The Bertz CT molecular complexity index is 1360. The molecule has 1 saturated heterocycles. The van der Waals surface area contributed by atoms with Gasteiger partial charge in [-0.3, -0.25) is 4.79 Å². The van der Waals surface area contributed by atoms with Gasteiger partial charge in [-0.25, -0.2) is 8.42 Å². The van der Waals surface area contributed by atoms with Crippen molar-refractivity contribution in [1.82, 2.24) is 9.21 Å². The Balaban J connectivity index is 1.39. The predicted octanol–water partition coefficient (Wildman–Crippen LogP) is 3.78. The average molecular weight is 478 g/mol. The maximum atomic E-state index is 13.1. The lowest BCUT2D eigenvalue weighted by Gasteiger charge is -2.32. The van der Waals surface area contributed by atoms with Gasteiger partial charge in [0.15, 0.2) is 0 Å². The highest BCUT2D eigenvalue weighted by atomic mass is 32.2. The molecule has 1 aliphatic rings. The van der Waals surface area contributed by atoms with Gasteiger partial charge in [0.25, 0.3) is 0 Å². The number of hydrogen-bond donors (Lipinski definition) is 0. The van der Waals surface area contributed by atoms with Crippen LogP contribution >= 0.6 is 0 Å². The molecule has 0 radical (unpaired) electrons. The molecule has 176 valence electrons. The van der Waals surface area contributed by atoms with E-state index in [-0.39, 0.29) is 35.4 Å². The Hall–Kier alpha value is -3.41. The minimum absolute atomic E-state index is 0.0179. The maximum Gasteiger partial charge on any atom is 0.244 e. The van der Waals surface area contributed by atoms with E-state index in [0.29, 0.717) is 19.4 Å². The molecule has 0 unspecified atom stereocenters. The quantitative estimate of drug-likeness (QED) is 0.539. The number of carbonyl (C=O) groups excluding carboxylic acids is 1. The van der Waals surface area contributed by atoms with Crippen LogP contribution in [-0.4, -0.2) is 50.8 Å². The van der Waals surface area contributed by atoms with Gasteiger partial charge in [-0.15, -0.1) is 0 Å². The molecule has 0 N–H and O–H groups in total. The normalized spacial score (nSPS) is 15.1. The van der Waals surface area contributed by atoms with Crippen LogP contribution in [0, 0.1) is 17.2 Å². The van der Waals surface area contributed by atoms with Gasteiger partial charge in [0.1, 0.15) is 11.8 Å². The van der Waals surface area contributed by atoms with Crippen LogP contribution in [0.5, 0.6) is 5.75 Å². The highest BCUT2D eigenvalue weighted by Gasteiger charge is 2.34. The van der Waals surface area contributed by atoms with Crippen molar-refractivity contribution in [3.63, 3.8) is 0 Å². The van der Waals surface area contributed by atoms with E-state index < -0.39 is 10.0 Å². The zero-order valence-electron chi connectivity index (χ0n) is 19.3. The number of piperidine rings is 1. The van der Waals surface area contributed by atoms with Crippen molar-refractivity contribution in [2.24, 2.45) is 5.92 Å². The summed E-state index contributed by atoms with van der Waals surface area (Å²) in [5, 5.41) is 11.4. The number of hydrogen-bond acceptors (Lipinski definition) is 5. The van der Waals surface area contributed by atoms with E-state index >= 15 is 0 Å². The second-order valence-corrected chi connectivity index (χ2v) is 10.4. The van der Waals surface area contributed by atoms with E-state index in [1.165, 1.54) is 16.4 Å². The van der Waals surface area contributed by atoms with E-state index in [1.807, 2.05) is 36.4 Å². The summed E-state index contributed by atoms with van der Waals surface area (Å²) in [4.78, 5) is 14.8. The molecule has 1 fully saturated rings. The highest BCUT2D eigenvalue weighted by molar-refractivity contribution is 7.89. The van der Waals surface area contributed by atoms with Crippen molar-refractivity contribution in [3.8, 4) is 11.8 Å².